The maximum absolute atomic E-state index is 11.7. The molecule has 0 unspecified atom stereocenters. The van der Waals surface area contributed by atoms with Gasteiger partial charge in [-0.15, -0.1) is 0 Å². The summed E-state index contributed by atoms with van der Waals surface area (Å²) in [6, 6.07) is 2.30. The second kappa shape index (κ2) is 2.83. The van der Waals surface area contributed by atoms with Crippen molar-refractivity contribution in [3.8, 4) is 6.07 Å². The van der Waals surface area contributed by atoms with Gasteiger partial charge in [-0.2, -0.15) is 5.26 Å². The van der Waals surface area contributed by atoms with Gasteiger partial charge < -0.3 is 0 Å². The number of hydrogen-bond acceptors (Lipinski definition) is 2. The van der Waals surface area contributed by atoms with Gasteiger partial charge in [0.15, 0.2) is 0 Å². The van der Waals surface area contributed by atoms with Crippen LogP contribution >= 0.6 is 0 Å². The molecule has 2 nitrogen and oxygen atoms in total. The van der Waals surface area contributed by atoms with E-state index >= 15 is 0 Å². The highest BCUT2D eigenvalue weighted by Crippen LogP contribution is 2.52. The Morgan fingerprint density at radius 2 is 2.31 bits per heavy atom. The lowest BCUT2D eigenvalue weighted by atomic mass is 9.67. The molecule has 2 saturated carbocycles. The normalized spacial score (nSPS) is 44.2. The van der Waals surface area contributed by atoms with Crippen LogP contribution in [-0.2, 0) is 4.79 Å². The molecule has 0 aromatic carbocycles. The number of nitrogens with zero attached hydrogens (tertiary/aromatic N) is 1. The monoisotopic (exact) mass is 177 g/mol. The SMILES string of the molecule is C[C@]12CCCC(=O)[C@H]1[C@@H](C#N)CC2. The lowest BCUT2D eigenvalue weighted by molar-refractivity contribution is -0.129. The number of nitriles is 1. The van der Waals surface area contributed by atoms with Crippen molar-refractivity contribution < 1.29 is 4.79 Å². The summed E-state index contributed by atoms with van der Waals surface area (Å²) in [5.74, 6) is 0.418. The lowest BCUT2D eigenvalue weighted by Crippen LogP contribution is -2.35. The molecule has 0 amide bonds. The van der Waals surface area contributed by atoms with E-state index in [0.29, 0.717) is 12.2 Å². The zero-order valence-electron chi connectivity index (χ0n) is 8.05. The molecule has 2 rings (SSSR count). The molecule has 13 heavy (non-hydrogen) atoms. The minimum Gasteiger partial charge on any atom is -0.299 e. The largest absolute Gasteiger partial charge is 0.299 e. The van der Waals surface area contributed by atoms with Gasteiger partial charge in [0.05, 0.1) is 12.0 Å². The van der Waals surface area contributed by atoms with Crippen LogP contribution in [0.2, 0.25) is 0 Å². The van der Waals surface area contributed by atoms with Gasteiger partial charge in [-0.05, 0) is 31.1 Å². The minimum atomic E-state index is 0.0119. The van der Waals surface area contributed by atoms with Gasteiger partial charge in [-0.1, -0.05) is 6.92 Å². The van der Waals surface area contributed by atoms with Crippen molar-refractivity contribution in [3.05, 3.63) is 0 Å². The van der Waals surface area contributed by atoms with E-state index in [4.69, 9.17) is 5.26 Å². The van der Waals surface area contributed by atoms with Crippen molar-refractivity contribution in [2.24, 2.45) is 17.3 Å². The predicted octanol–water partition coefficient (Wildman–Crippen LogP) is 2.30. The van der Waals surface area contributed by atoms with Gasteiger partial charge in [-0.3, -0.25) is 4.79 Å². The number of rotatable bonds is 0. The number of fused-ring (bicyclic) bond motifs is 1. The first-order chi connectivity index (χ1) is 6.17. The fourth-order valence-electron chi connectivity index (χ4n) is 3.15. The zero-order valence-corrected chi connectivity index (χ0v) is 8.05. The van der Waals surface area contributed by atoms with Crippen LogP contribution in [0.3, 0.4) is 0 Å². The molecule has 2 fully saturated rings. The van der Waals surface area contributed by atoms with Crippen LogP contribution in [0.1, 0.15) is 39.0 Å². The van der Waals surface area contributed by atoms with E-state index in [1.165, 1.54) is 0 Å². The summed E-state index contributed by atoms with van der Waals surface area (Å²) >= 11 is 0. The first-order valence-electron chi connectivity index (χ1n) is 5.10. The molecule has 0 aromatic heterocycles. The second-order valence-corrected chi connectivity index (χ2v) is 4.73. The highest BCUT2D eigenvalue weighted by atomic mass is 16.1. The molecular formula is C11H15NO. The molecule has 3 atom stereocenters. The van der Waals surface area contributed by atoms with Gasteiger partial charge in [0.25, 0.3) is 0 Å². The molecule has 2 heteroatoms. The highest BCUT2D eigenvalue weighted by Gasteiger charge is 2.50. The third kappa shape index (κ3) is 1.18. The number of hydrogen-bond donors (Lipinski definition) is 0. The van der Waals surface area contributed by atoms with Crippen molar-refractivity contribution in [1.82, 2.24) is 0 Å². The van der Waals surface area contributed by atoms with Crippen LogP contribution in [-0.4, -0.2) is 5.78 Å². The summed E-state index contributed by atoms with van der Waals surface area (Å²) in [6.07, 6.45) is 4.88. The smallest absolute Gasteiger partial charge is 0.137 e. The van der Waals surface area contributed by atoms with Crippen LogP contribution < -0.4 is 0 Å². The molecule has 0 heterocycles. The van der Waals surface area contributed by atoms with Crippen molar-refractivity contribution in [1.29, 1.82) is 5.26 Å². The van der Waals surface area contributed by atoms with Crippen LogP contribution in [0.15, 0.2) is 0 Å². The van der Waals surface area contributed by atoms with Crippen molar-refractivity contribution in [3.63, 3.8) is 0 Å². The van der Waals surface area contributed by atoms with Gasteiger partial charge in [-0.25, -0.2) is 0 Å². The Morgan fingerprint density at radius 3 is 3.00 bits per heavy atom. The van der Waals surface area contributed by atoms with E-state index in [-0.39, 0.29) is 17.3 Å². The molecular weight excluding hydrogens is 162 g/mol. The fourth-order valence-corrected chi connectivity index (χ4v) is 3.15. The molecule has 2 aliphatic rings. The maximum atomic E-state index is 11.7. The van der Waals surface area contributed by atoms with Crippen molar-refractivity contribution >= 4 is 5.78 Å². The minimum absolute atomic E-state index is 0.0119. The van der Waals surface area contributed by atoms with Crippen LogP contribution in [0.4, 0.5) is 0 Å². The third-order valence-electron chi connectivity index (χ3n) is 3.86. The summed E-state index contributed by atoms with van der Waals surface area (Å²) in [6.45, 7) is 2.19. The Hall–Kier alpha value is -0.840. The number of ketones is 1. The Morgan fingerprint density at radius 1 is 1.54 bits per heavy atom. The van der Waals surface area contributed by atoms with E-state index < -0.39 is 0 Å². The Bertz CT molecular complexity index is 278. The summed E-state index contributed by atoms with van der Waals surface area (Å²) in [5, 5.41) is 8.93. The summed E-state index contributed by atoms with van der Waals surface area (Å²) in [7, 11) is 0. The topological polar surface area (TPSA) is 40.9 Å². The van der Waals surface area contributed by atoms with E-state index in [9.17, 15) is 4.79 Å². The van der Waals surface area contributed by atoms with Gasteiger partial charge in [0.2, 0.25) is 0 Å². The molecule has 70 valence electrons. The summed E-state index contributed by atoms with van der Waals surface area (Å²) in [4.78, 5) is 11.7. The molecule has 0 saturated heterocycles. The van der Waals surface area contributed by atoms with Gasteiger partial charge in [0.1, 0.15) is 5.78 Å². The van der Waals surface area contributed by atoms with E-state index in [1.807, 2.05) is 0 Å². The molecule has 0 aromatic rings. The standard InChI is InChI=1S/C11H15NO/c1-11-5-2-3-9(13)10(11)8(7-12)4-6-11/h8,10H,2-6H2,1H3/t8-,10-,11-/m1/s1. The Labute approximate surface area is 78.9 Å². The molecule has 0 spiro atoms. The fraction of sp³-hybridized carbons (Fsp3) is 0.818. The Balaban J connectivity index is 2.29. The number of carbonyl (C=O) groups excluding carboxylic acids is 1. The first kappa shape index (κ1) is 8.74. The average molecular weight is 177 g/mol. The van der Waals surface area contributed by atoms with E-state index in [2.05, 4.69) is 13.0 Å². The number of carbonyl (C=O) groups is 1. The maximum Gasteiger partial charge on any atom is 0.137 e. The molecule has 0 radical (unpaired) electrons. The highest BCUT2D eigenvalue weighted by molar-refractivity contribution is 5.83. The molecule has 0 N–H and O–H groups in total. The number of Topliss-reactive ketones (excluding diaryl/α,β-unsaturated/α-hetero) is 1. The molecule has 0 bridgehead atoms. The lowest BCUT2D eigenvalue weighted by Gasteiger charge is -2.35. The summed E-state index contributed by atoms with van der Waals surface area (Å²) in [5.41, 5.74) is 0.162. The van der Waals surface area contributed by atoms with Crippen LogP contribution in [0, 0.1) is 28.6 Å². The van der Waals surface area contributed by atoms with Gasteiger partial charge in [0, 0.05) is 12.3 Å². The van der Waals surface area contributed by atoms with Crippen LogP contribution in [0.5, 0.6) is 0 Å². The van der Waals surface area contributed by atoms with Crippen molar-refractivity contribution in [2.45, 2.75) is 39.0 Å². The third-order valence-corrected chi connectivity index (χ3v) is 3.86. The molecule has 0 aliphatic heterocycles. The second-order valence-electron chi connectivity index (χ2n) is 4.73. The van der Waals surface area contributed by atoms with E-state index in [1.54, 1.807) is 0 Å². The Kier molecular flexibility index (Phi) is 1.91. The first-order valence-corrected chi connectivity index (χ1v) is 5.10. The quantitative estimate of drug-likeness (QED) is 0.569. The van der Waals surface area contributed by atoms with E-state index in [0.717, 1.165) is 25.7 Å². The molecule has 2 aliphatic carbocycles. The van der Waals surface area contributed by atoms with Crippen molar-refractivity contribution in [2.75, 3.05) is 0 Å². The van der Waals surface area contributed by atoms with Crippen LogP contribution in [0.25, 0.3) is 0 Å². The predicted molar refractivity (Wildman–Crippen MR) is 48.8 cm³/mol. The average Bonchev–Trinajstić information content (AvgIpc) is 2.43. The van der Waals surface area contributed by atoms with Gasteiger partial charge >= 0.3 is 0 Å². The summed E-state index contributed by atoms with van der Waals surface area (Å²) < 4.78 is 0. The zero-order chi connectivity index (χ0) is 9.47.